The maximum Gasteiger partial charge on any atom is 0.183 e. The van der Waals surface area contributed by atoms with Crippen LogP contribution in [0.3, 0.4) is 0 Å². The van der Waals surface area contributed by atoms with E-state index in [1.54, 1.807) is 26.5 Å². The van der Waals surface area contributed by atoms with Crippen molar-refractivity contribution < 1.29 is 14.6 Å². The number of aromatic nitrogens is 1. The first-order chi connectivity index (χ1) is 8.76. The second-order valence-electron chi connectivity index (χ2n) is 3.99. The summed E-state index contributed by atoms with van der Waals surface area (Å²) in [5.41, 5.74) is 0.813. The Balaban J connectivity index is 2.71. The Kier molecular flexibility index (Phi) is 6.46. The number of rotatable bonds is 8. The van der Waals surface area contributed by atoms with Crippen LogP contribution < -0.4 is 14.8 Å². The highest BCUT2D eigenvalue weighted by Crippen LogP contribution is 2.28. The molecule has 1 aromatic heterocycles. The first kappa shape index (κ1) is 14.7. The number of pyridine rings is 1. The van der Waals surface area contributed by atoms with E-state index >= 15 is 0 Å². The molecule has 0 aliphatic carbocycles. The molecule has 0 radical (unpaired) electrons. The Labute approximate surface area is 108 Å². The molecule has 5 nitrogen and oxygen atoms in total. The van der Waals surface area contributed by atoms with Crippen LogP contribution in [0, 0.1) is 0 Å². The van der Waals surface area contributed by atoms with E-state index < -0.39 is 0 Å². The summed E-state index contributed by atoms with van der Waals surface area (Å²) < 4.78 is 10.5. The zero-order chi connectivity index (χ0) is 13.4. The lowest BCUT2D eigenvalue weighted by Crippen LogP contribution is -2.29. The fourth-order valence-electron chi connectivity index (χ4n) is 1.82. The third-order valence-corrected chi connectivity index (χ3v) is 2.89. The second kappa shape index (κ2) is 7.89. The third kappa shape index (κ3) is 3.85. The van der Waals surface area contributed by atoms with Gasteiger partial charge in [-0.2, -0.15) is 0 Å². The van der Waals surface area contributed by atoms with Crippen LogP contribution in [-0.2, 0) is 6.54 Å². The molecule has 2 N–H and O–H groups in total. The van der Waals surface area contributed by atoms with Crippen LogP contribution >= 0.6 is 0 Å². The number of nitrogens with zero attached hydrogens (tertiary/aromatic N) is 1. The smallest absolute Gasteiger partial charge is 0.183 e. The Morgan fingerprint density at radius 1 is 1.39 bits per heavy atom. The van der Waals surface area contributed by atoms with Crippen molar-refractivity contribution in [2.24, 2.45) is 0 Å². The van der Waals surface area contributed by atoms with E-state index in [2.05, 4.69) is 17.2 Å². The molecule has 0 aliphatic heterocycles. The van der Waals surface area contributed by atoms with E-state index in [0.29, 0.717) is 18.0 Å². The van der Waals surface area contributed by atoms with E-state index in [-0.39, 0.29) is 12.6 Å². The fraction of sp³-hybridized carbons (Fsp3) is 0.615. The molecule has 0 aliphatic rings. The zero-order valence-electron chi connectivity index (χ0n) is 11.3. The quantitative estimate of drug-likeness (QED) is 0.733. The van der Waals surface area contributed by atoms with Gasteiger partial charge in [-0.05, 0) is 12.8 Å². The summed E-state index contributed by atoms with van der Waals surface area (Å²) >= 11 is 0. The molecule has 0 aromatic carbocycles. The van der Waals surface area contributed by atoms with Gasteiger partial charge in [-0.1, -0.05) is 6.92 Å². The lowest BCUT2D eigenvalue weighted by molar-refractivity contribution is 0.261. The highest BCUT2D eigenvalue weighted by atomic mass is 16.5. The van der Waals surface area contributed by atoms with Gasteiger partial charge in [0.25, 0.3) is 0 Å². The van der Waals surface area contributed by atoms with Crippen LogP contribution in [-0.4, -0.2) is 37.0 Å². The van der Waals surface area contributed by atoms with Gasteiger partial charge in [0, 0.05) is 31.5 Å². The zero-order valence-corrected chi connectivity index (χ0v) is 11.3. The minimum Gasteiger partial charge on any atom is -0.493 e. The highest BCUT2D eigenvalue weighted by Gasteiger charge is 2.12. The normalized spacial score (nSPS) is 12.2. The van der Waals surface area contributed by atoms with Gasteiger partial charge in [0.1, 0.15) is 0 Å². The maximum absolute atomic E-state index is 8.95. The van der Waals surface area contributed by atoms with Crippen molar-refractivity contribution in [3.05, 3.63) is 18.0 Å². The number of ether oxygens (including phenoxy) is 2. The molecule has 1 atom stereocenters. The van der Waals surface area contributed by atoms with Crippen molar-refractivity contribution in [2.45, 2.75) is 32.4 Å². The molecular formula is C13H22N2O3. The van der Waals surface area contributed by atoms with Crippen molar-refractivity contribution in [3.8, 4) is 11.5 Å². The molecule has 1 unspecified atom stereocenters. The summed E-state index contributed by atoms with van der Waals surface area (Å²) in [5, 5.41) is 12.3. The molecule has 0 fully saturated rings. The monoisotopic (exact) mass is 254 g/mol. The Morgan fingerprint density at radius 3 is 2.72 bits per heavy atom. The van der Waals surface area contributed by atoms with Crippen molar-refractivity contribution in [1.82, 2.24) is 10.3 Å². The van der Waals surface area contributed by atoms with Crippen LogP contribution in [0.25, 0.3) is 0 Å². The largest absolute Gasteiger partial charge is 0.493 e. The minimum absolute atomic E-state index is 0.189. The Hall–Kier alpha value is -1.33. The average Bonchev–Trinajstić information content (AvgIpc) is 2.42. The molecule has 0 saturated heterocycles. The van der Waals surface area contributed by atoms with Gasteiger partial charge in [0.05, 0.1) is 19.9 Å². The van der Waals surface area contributed by atoms with E-state index in [9.17, 15) is 0 Å². The number of aliphatic hydroxyl groups excluding tert-OH is 1. The summed E-state index contributed by atoms with van der Waals surface area (Å²) in [5.74, 6) is 1.34. The van der Waals surface area contributed by atoms with Gasteiger partial charge >= 0.3 is 0 Å². The second-order valence-corrected chi connectivity index (χ2v) is 3.99. The lowest BCUT2D eigenvalue weighted by Gasteiger charge is -2.17. The molecule has 18 heavy (non-hydrogen) atoms. The van der Waals surface area contributed by atoms with E-state index in [1.807, 2.05) is 0 Å². The molecule has 1 rings (SSSR count). The fourth-order valence-corrected chi connectivity index (χ4v) is 1.82. The molecule has 0 amide bonds. The standard InChI is InChI=1S/C13H22N2O3/c1-4-10(6-8-16)15-9-11-13(18-3)12(17-2)5-7-14-11/h5,7,10,15-16H,4,6,8-9H2,1-3H3. The molecular weight excluding hydrogens is 232 g/mol. The van der Waals surface area contributed by atoms with Gasteiger partial charge in [0.15, 0.2) is 11.5 Å². The van der Waals surface area contributed by atoms with Crippen LogP contribution in [0.4, 0.5) is 0 Å². The Bertz CT molecular complexity index is 358. The molecule has 5 heteroatoms. The topological polar surface area (TPSA) is 63.6 Å². The molecule has 0 bridgehead atoms. The van der Waals surface area contributed by atoms with E-state index in [1.165, 1.54) is 0 Å². The lowest BCUT2D eigenvalue weighted by atomic mass is 10.1. The van der Waals surface area contributed by atoms with Gasteiger partial charge in [0.2, 0.25) is 0 Å². The SMILES string of the molecule is CCC(CCO)NCc1nccc(OC)c1OC. The first-order valence-corrected chi connectivity index (χ1v) is 6.16. The van der Waals surface area contributed by atoms with E-state index in [0.717, 1.165) is 18.5 Å². The molecule has 1 heterocycles. The first-order valence-electron chi connectivity index (χ1n) is 6.16. The van der Waals surface area contributed by atoms with Crippen LogP contribution in [0.2, 0.25) is 0 Å². The summed E-state index contributed by atoms with van der Waals surface area (Å²) in [7, 11) is 3.21. The summed E-state index contributed by atoms with van der Waals surface area (Å²) in [4.78, 5) is 4.29. The van der Waals surface area contributed by atoms with Crippen LogP contribution in [0.5, 0.6) is 11.5 Å². The van der Waals surface area contributed by atoms with Crippen LogP contribution in [0.15, 0.2) is 12.3 Å². The van der Waals surface area contributed by atoms with Crippen molar-refractivity contribution in [3.63, 3.8) is 0 Å². The summed E-state index contributed by atoms with van der Waals surface area (Å²) in [6.45, 7) is 2.87. The van der Waals surface area contributed by atoms with Crippen LogP contribution in [0.1, 0.15) is 25.5 Å². The maximum atomic E-state index is 8.95. The molecule has 0 spiro atoms. The molecule has 102 valence electrons. The predicted octanol–water partition coefficient (Wildman–Crippen LogP) is 1.35. The Morgan fingerprint density at radius 2 is 2.17 bits per heavy atom. The highest BCUT2D eigenvalue weighted by molar-refractivity contribution is 5.42. The molecule has 1 aromatic rings. The van der Waals surface area contributed by atoms with Gasteiger partial charge in [-0.25, -0.2) is 0 Å². The van der Waals surface area contributed by atoms with Crippen molar-refractivity contribution in [2.75, 3.05) is 20.8 Å². The summed E-state index contributed by atoms with van der Waals surface area (Å²) in [6.07, 6.45) is 3.40. The number of hydrogen-bond donors (Lipinski definition) is 2. The number of methoxy groups -OCH3 is 2. The van der Waals surface area contributed by atoms with Crippen molar-refractivity contribution in [1.29, 1.82) is 0 Å². The minimum atomic E-state index is 0.189. The van der Waals surface area contributed by atoms with Gasteiger partial charge in [-0.15, -0.1) is 0 Å². The van der Waals surface area contributed by atoms with Crippen molar-refractivity contribution >= 4 is 0 Å². The summed E-state index contributed by atoms with van der Waals surface area (Å²) in [6, 6.07) is 2.06. The van der Waals surface area contributed by atoms with Gasteiger partial charge < -0.3 is 19.9 Å². The predicted molar refractivity (Wildman–Crippen MR) is 70.0 cm³/mol. The molecule has 0 saturated carbocycles. The van der Waals surface area contributed by atoms with Gasteiger partial charge in [-0.3, -0.25) is 4.98 Å². The number of nitrogens with one attached hydrogen (secondary N) is 1. The number of aliphatic hydroxyl groups is 1. The average molecular weight is 254 g/mol. The van der Waals surface area contributed by atoms with E-state index in [4.69, 9.17) is 14.6 Å². The third-order valence-electron chi connectivity index (χ3n) is 2.89. The number of hydrogen-bond acceptors (Lipinski definition) is 5.